The van der Waals surface area contributed by atoms with Gasteiger partial charge in [0, 0.05) is 19.7 Å². The molecule has 0 saturated carbocycles. The fraction of sp³-hybridized carbons (Fsp3) is 0.480. The van der Waals surface area contributed by atoms with Crippen molar-refractivity contribution in [1.82, 2.24) is 14.8 Å². The van der Waals surface area contributed by atoms with E-state index in [1.54, 1.807) is 22.9 Å². The van der Waals surface area contributed by atoms with Crippen LogP contribution in [0.4, 0.5) is 10.1 Å². The van der Waals surface area contributed by atoms with Gasteiger partial charge in [-0.2, -0.15) is 5.10 Å². The Morgan fingerprint density at radius 1 is 1.18 bits per heavy atom. The number of aromatic nitrogens is 3. The third-order valence-corrected chi connectivity index (χ3v) is 5.93. The second-order valence-corrected chi connectivity index (χ2v) is 9.37. The third-order valence-electron chi connectivity index (χ3n) is 5.93. The van der Waals surface area contributed by atoms with Gasteiger partial charge in [-0.25, -0.2) is 18.9 Å². The highest BCUT2D eigenvalue weighted by Gasteiger charge is 2.27. The molecule has 0 spiro atoms. The van der Waals surface area contributed by atoms with Gasteiger partial charge in [0.05, 0.1) is 28.6 Å². The normalized spacial score (nSPS) is 15.2. The molecular formula is C25H31FN4O3. The van der Waals surface area contributed by atoms with Crippen LogP contribution in [0.3, 0.4) is 0 Å². The Bertz CT molecular complexity index is 1130. The maximum atomic E-state index is 13.5. The second kappa shape index (κ2) is 9.47. The number of fused-ring (bicyclic) bond motifs is 1. The van der Waals surface area contributed by atoms with E-state index >= 15 is 0 Å². The van der Waals surface area contributed by atoms with Crippen molar-refractivity contribution in [2.75, 3.05) is 24.6 Å². The first-order valence-electron chi connectivity index (χ1n) is 11.5. The van der Waals surface area contributed by atoms with E-state index in [1.165, 1.54) is 12.1 Å². The Balaban J connectivity index is 1.79. The van der Waals surface area contributed by atoms with Crippen LogP contribution in [0.2, 0.25) is 0 Å². The molecule has 4 rings (SSSR count). The maximum Gasteiger partial charge on any atom is 0.354 e. The van der Waals surface area contributed by atoms with Gasteiger partial charge < -0.3 is 14.7 Å². The summed E-state index contributed by atoms with van der Waals surface area (Å²) in [5, 5.41) is 15.4. The Morgan fingerprint density at radius 2 is 1.85 bits per heavy atom. The number of piperidine rings is 1. The molecule has 33 heavy (non-hydrogen) atoms. The number of halogens is 1. The average molecular weight is 455 g/mol. The standard InChI is InChI=1S/C25H31FN4O3/c1-15(2)14-33-19-9-11-29(12-10-19)21-13-20(25(31)32)27-24-22(21)23(16(3)4)28-30(24)18-7-5-17(26)6-8-18/h5-8,13,15-16,19H,9-12,14H2,1-4H3,(H,31,32). The van der Waals surface area contributed by atoms with Crippen LogP contribution in [-0.4, -0.2) is 51.6 Å². The van der Waals surface area contributed by atoms with E-state index in [2.05, 4.69) is 37.6 Å². The predicted molar refractivity (Wildman–Crippen MR) is 126 cm³/mol. The van der Waals surface area contributed by atoms with Crippen LogP contribution < -0.4 is 4.90 Å². The lowest BCUT2D eigenvalue weighted by Crippen LogP contribution is -2.37. The lowest BCUT2D eigenvalue weighted by Gasteiger charge is -2.34. The van der Waals surface area contributed by atoms with Crippen molar-refractivity contribution in [2.24, 2.45) is 5.92 Å². The molecule has 0 bridgehead atoms. The van der Waals surface area contributed by atoms with Gasteiger partial charge in [-0.05, 0) is 55.0 Å². The highest BCUT2D eigenvalue weighted by molar-refractivity contribution is 5.98. The van der Waals surface area contributed by atoms with Crippen molar-refractivity contribution in [3.63, 3.8) is 0 Å². The van der Waals surface area contributed by atoms with E-state index in [4.69, 9.17) is 9.84 Å². The molecule has 176 valence electrons. The van der Waals surface area contributed by atoms with Crippen LogP contribution in [0.1, 0.15) is 62.6 Å². The Kier molecular flexibility index (Phi) is 6.65. The number of aromatic carboxylic acids is 1. The zero-order valence-corrected chi connectivity index (χ0v) is 19.6. The fourth-order valence-corrected chi connectivity index (χ4v) is 4.24. The number of pyridine rings is 1. The topological polar surface area (TPSA) is 80.5 Å². The van der Waals surface area contributed by atoms with Crippen molar-refractivity contribution in [1.29, 1.82) is 0 Å². The molecule has 2 aromatic heterocycles. The molecule has 0 unspecified atom stereocenters. The molecule has 0 radical (unpaired) electrons. The zero-order valence-electron chi connectivity index (χ0n) is 19.6. The summed E-state index contributed by atoms with van der Waals surface area (Å²) in [6, 6.07) is 7.63. The Labute approximate surface area is 193 Å². The minimum absolute atomic E-state index is 0.0331. The molecule has 0 aliphatic carbocycles. The molecule has 1 saturated heterocycles. The van der Waals surface area contributed by atoms with Crippen LogP contribution in [-0.2, 0) is 4.74 Å². The lowest BCUT2D eigenvalue weighted by atomic mass is 10.0. The summed E-state index contributed by atoms with van der Waals surface area (Å²) in [6.07, 6.45) is 1.97. The highest BCUT2D eigenvalue weighted by Crippen LogP contribution is 2.36. The van der Waals surface area contributed by atoms with E-state index in [0.29, 0.717) is 17.3 Å². The lowest BCUT2D eigenvalue weighted by molar-refractivity contribution is 0.0215. The van der Waals surface area contributed by atoms with Crippen LogP contribution >= 0.6 is 0 Å². The molecule has 1 aliphatic rings. The average Bonchev–Trinajstić information content (AvgIpc) is 3.18. The number of hydrogen-bond acceptors (Lipinski definition) is 5. The summed E-state index contributed by atoms with van der Waals surface area (Å²) in [7, 11) is 0. The molecule has 1 aliphatic heterocycles. The van der Waals surface area contributed by atoms with Crippen molar-refractivity contribution < 1.29 is 19.0 Å². The maximum absolute atomic E-state index is 13.5. The number of carbonyl (C=O) groups is 1. The van der Waals surface area contributed by atoms with Gasteiger partial charge >= 0.3 is 5.97 Å². The SMILES string of the molecule is CC(C)COC1CCN(c2cc(C(=O)O)nc3c2c(C(C)C)nn3-c2ccc(F)cc2)CC1. The highest BCUT2D eigenvalue weighted by atomic mass is 19.1. The smallest absolute Gasteiger partial charge is 0.354 e. The minimum atomic E-state index is -1.09. The van der Waals surface area contributed by atoms with Gasteiger partial charge in [0.15, 0.2) is 11.3 Å². The number of rotatable bonds is 7. The summed E-state index contributed by atoms with van der Waals surface area (Å²) in [5.41, 5.74) is 2.74. The van der Waals surface area contributed by atoms with Crippen LogP contribution in [0.25, 0.3) is 16.7 Å². The van der Waals surface area contributed by atoms with Gasteiger partial charge in [0.25, 0.3) is 0 Å². The first-order valence-corrected chi connectivity index (χ1v) is 11.5. The number of carboxylic acids is 1. The van der Waals surface area contributed by atoms with Gasteiger partial charge in [0.1, 0.15) is 5.82 Å². The number of hydrogen-bond donors (Lipinski definition) is 1. The van der Waals surface area contributed by atoms with Crippen molar-refractivity contribution in [2.45, 2.75) is 52.6 Å². The monoisotopic (exact) mass is 454 g/mol. The summed E-state index contributed by atoms with van der Waals surface area (Å²) in [6.45, 7) is 10.7. The van der Waals surface area contributed by atoms with E-state index in [1.807, 2.05) is 0 Å². The van der Waals surface area contributed by atoms with Crippen LogP contribution in [0.5, 0.6) is 0 Å². The van der Waals surface area contributed by atoms with Gasteiger partial charge in [0.2, 0.25) is 0 Å². The Morgan fingerprint density at radius 3 is 2.42 bits per heavy atom. The summed E-state index contributed by atoms with van der Waals surface area (Å²) >= 11 is 0. The van der Waals surface area contributed by atoms with Gasteiger partial charge in [-0.3, -0.25) is 0 Å². The van der Waals surface area contributed by atoms with E-state index < -0.39 is 5.97 Å². The van der Waals surface area contributed by atoms with Crippen molar-refractivity contribution >= 4 is 22.7 Å². The van der Waals surface area contributed by atoms with Crippen LogP contribution in [0.15, 0.2) is 30.3 Å². The zero-order chi connectivity index (χ0) is 23.7. The number of benzene rings is 1. The first-order chi connectivity index (χ1) is 15.7. The molecule has 8 heteroatoms. The number of carboxylic acid groups (broad SMARTS) is 1. The quantitative estimate of drug-likeness (QED) is 0.540. The molecule has 3 aromatic rings. The summed E-state index contributed by atoms with van der Waals surface area (Å²) in [4.78, 5) is 18.6. The molecular weight excluding hydrogens is 423 g/mol. The number of anilines is 1. The molecule has 7 nitrogen and oxygen atoms in total. The summed E-state index contributed by atoms with van der Waals surface area (Å²) < 4.78 is 21.2. The number of nitrogens with zero attached hydrogens (tertiary/aromatic N) is 4. The third kappa shape index (κ3) is 4.85. The fourth-order valence-electron chi connectivity index (χ4n) is 4.24. The Hall–Kier alpha value is -3.00. The molecule has 1 fully saturated rings. The van der Waals surface area contributed by atoms with Crippen molar-refractivity contribution in [3.8, 4) is 5.69 Å². The van der Waals surface area contributed by atoms with E-state index in [-0.39, 0.29) is 23.5 Å². The second-order valence-electron chi connectivity index (χ2n) is 9.37. The van der Waals surface area contributed by atoms with Gasteiger partial charge in [-0.15, -0.1) is 0 Å². The van der Waals surface area contributed by atoms with Gasteiger partial charge in [-0.1, -0.05) is 27.7 Å². The molecule has 3 heterocycles. The van der Waals surface area contributed by atoms with Crippen molar-refractivity contribution in [3.05, 3.63) is 47.5 Å². The minimum Gasteiger partial charge on any atom is -0.477 e. The molecule has 1 aromatic carbocycles. The van der Waals surface area contributed by atoms with E-state index in [0.717, 1.165) is 49.3 Å². The summed E-state index contributed by atoms with van der Waals surface area (Å²) in [5.74, 6) is -0.850. The molecule has 1 N–H and O–H groups in total. The first kappa shape index (κ1) is 23.2. The predicted octanol–water partition coefficient (Wildman–Crippen LogP) is 5.02. The molecule has 0 amide bonds. The van der Waals surface area contributed by atoms with Crippen LogP contribution in [0, 0.1) is 11.7 Å². The number of ether oxygens (including phenoxy) is 1. The largest absolute Gasteiger partial charge is 0.477 e. The molecule has 0 atom stereocenters. The van der Waals surface area contributed by atoms with E-state index in [9.17, 15) is 14.3 Å².